The van der Waals surface area contributed by atoms with E-state index in [2.05, 4.69) is 56.3 Å². The van der Waals surface area contributed by atoms with E-state index in [0.29, 0.717) is 5.92 Å². The summed E-state index contributed by atoms with van der Waals surface area (Å²) in [5.74, 6) is 0.611. The number of hydrogen-bond donors (Lipinski definition) is 0. The second-order valence-electron chi connectivity index (χ2n) is 5.57. The van der Waals surface area contributed by atoms with Gasteiger partial charge in [0, 0.05) is 12.0 Å². The number of rotatable bonds is 5. The zero-order valence-electron chi connectivity index (χ0n) is 12.3. The van der Waals surface area contributed by atoms with Crippen molar-refractivity contribution in [2.75, 3.05) is 13.2 Å². The maximum atomic E-state index is 5.77. The van der Waals surface area contributed by atoms with Gasteiger partial charge in [0.25, 0.3) is 0 Å². The Morgan fingerprint density at radius 2 is 2.11 bits per heavy atom. The Morgan fingerprint density at radius 3 is 2.68 bits per heavy atom. The third-order valence-corrected chi connectivity index (χ3v) is 4.33. The molecule has 1 aromatic rings. The SMILES string of the molecule is C/C=C\C(CCC)(c1ccccc1)C1CCCOC1. The van der Waals surface area contributed by atoms with Gasteiger partial charge in [0.05, 0.1) is 6.61 Å². The van der Waals surface area contributed by atoms with E-state index in [4.69, 9.17) is 4.74 Å². The largest absolute Gasteiger partial charge is 0.381 e. The van der Waals surface area contributed by atoms with Crippen LogP contribution < -0.4 is 0 Å². The van der Waals surface area contributed by atoms with Crippen LogP contribution in [0.3, 0.4) is 0 Å². The van der Waals surface area contributed by atoms with Crippen molar-refractivity contribution in [2.45, 2.75) is 44.9 Å². The smallest absolute Gasteiger partial charge is 0.0505 e. The van der Waals surface area contributed by atoms with Crippen LogP contribution in [-0.2, 0) is 10.2 Å². The van der Waals surface area contributed by atoms with Crippen molar-refractivity contribution in [3.63, 3.8) is 0 Å². The molecule has 2 atom stereocenters. The van der Waals surface area contributed by atoms with Gasteiger partial charge in [-0.25, -0.2) is 0 Å². The van der Waals surface area contributed by atoms with Crippen molar-refractivity contribution in [3.05, 3.63) is 48.0 Å². The summed E-state index contributed by atoms with van der Waals surface area (Å²) in [7, 11) is 0. The summed E-state index contributed by atoms with van der Waals surface area (Å²) in [4.78, 5) is 0. The van der Waals surface area contributed by atoms with E-state index in [1.807, 2.05) is 0 Å². The second kappa shape index (κ2) is 6.91. The lowest BCUT2D eigenvalue weighted by molar-refractivity contribution is 0.0275. The van der Waals surface area contributed by atoms with Crippen LogP contribution in [0.4, 0.5) is 0 Å². The highest BCUT2D eigenvalue weighted by Gasteiger charge is 2.38. The molecule has 0 aromatic heterocycles. The Bertz CT molecular complexity index is 389. The van der Waals surface area contributed by atoms with Gasteiger partial charge in [-0.2, -0.15) is 0 Å². The van der Waals surface area contributed by atoms with Crippen LogP contribution in [0, 0.1) is 5.92 Å². The molecule has 1 aliphatic rings. The first-order valence-corrected chi connectivity index (χ1v) is 7.60. The molecule has 2 unspecified atom stereocenters. The minimum Gasteiger partial charge on any atom is -0.381 e. The van der Waals surface area contributed by atoms with Gasteiger partial charge in [0.15, 0.2) is 0 Å². The molecule has 0 bridgehead atoms. The predicted molar refractivity (Wildman–Crippen MR) is 81.4 cm³/mol. The van der Waals surface area contributed by atoms with Gasteiger partial charge in [-0.1, -0.05) is 55.8 Å². The lowest BCUT2D eigenvalue weighted by Crippen LogP contribution is -2.38. The predicted octanol–water partition coefficient (Wildman–Crippen LogP) is 4.73. The van der Waals surface area contributed by atoms with E-state index in [1.54, 1.807) is 0 Å². The van der Waals surface area contributed by atoms with Gasteiger partial charge in [-0.3, -0.25) is 0 Å². The molecular formula is C18H26O. The highest BCUT2D eigenvalue weighted by Crippen LogP contribution is 2.42. The molecule has 1 aromatic carbocycles. The molecule has 1 aliphatic heterocycles. The fourth-order valence-electron chi connectivity index (χ4n) is 3.51. The Morgan fingerprint density at radius 1 is 1.32 bits per heavy atom. The molecule has 0 aliphatic carbocycles. The number of allylic oxidation sites excluding steroid dienone is 2. The molecule has 1 nitrogen and oxygen atoms in total. The lowest BCUT2D eigenvalue weighted by atomic mass is 9.65. The summed E-state index contributed by atoms with van der Waals surface area (Å²) in [5.41, 5.74) is 1.61. The highest BCUT2D eigenvalue weighted by molar-refractivity contribution is 5.32. The number of ether oxygens (including phenoxy) is 1. The summed E-state index contributed by atoms with van der Waals surface area (Å²) in [6, 6.07) is 11.0. The first kappa shape index (κ1) is 14.3. The molecule has 0 N–H and O–H groups in total. The molecule has 19 heavy (non-hydrogen) atoms. The minimum atomic E-state index is 0.158. The Hall–Kier alpha value is -1.08. The highest BCUT2D eigenvalue weighted by atomic mass is 16.5. The van der Waals surface area contributed by atoms with Gasteiger partial charge in [-0.15, -0.1) is 0 Å². The molecule has 1 heteroatoms. The van der Waals surface area contributed by atoms with Crippen LogP contribution in [0.5, 0.6) is 0 Å². The minimum absolute atomic E-state index is 0.158. The molecule has 2 rings (SSSR count). The van der Waals surface area contributed by atoms with Crippen LogP contribution in [0.15, 0.2) is 42.5 Å². The topological polar surface area (TPSA) is 9.23 Å². The van der Waals surface area contributed by atoms with E-state index in [1.165, 1.54) is 31.2 Å². The Kier molecular flexibility index (Phi) is 5.21. The Labute approximate surface area is 117 Å². The van der Waals surface area contributed by atoms with Crippen LogP contribution in [0.25, 0.3) is 0 Å². The summed E-state index contributed by atoms with van der Waals surface area (Å²) in [6.45, 7) is 6.25. The summed E-state index contributed by atoms with van der Waals surface area (Å²) in [6.07, 6.45) is 9.52. The number of benzene rings is 1. The molecule has 0 radical (unpaired) electrons. The second-order valence-corrected chi connectivity index (χ2v) is 5.57. The summed E-state index contributed by atoms with van der Waals surface area (Å²) < 4.78 is 5.77. The van der Waals surface area contributed by atoms with Gasteiger partial charge in [0.2, 0.25) is 0 Å². The summed E-state index contributed by atoms with van der Waals surface area (Å²) >= 11 is 0. The van der Waals surface area contributed by atoms with Crippen LogP contribution in [0.1, 0.15) is 45.1 Å². The van der Waals surface area contributed by atoms with Gasteiger partial charge < -0.3 is 4.74 Å². The zero-order chi connectivity index (χ0) is 13.6. The molecule has 1 heterocycles. The molecule has 0 spiro atoms. The Balaban J connectivity index is 2.40. The lowest BCUT2D eigenvalue weighted by Gasteiger charge is -2.41. The van der Waals surface area contributed by atoms with Crippen LogP contribution >= 0.6 is 0 Å². The standard InChI is InChI=1S/C18H26O/c1-3-12-18(13-4-2,16-9-6-5-7-10-16)17-11-8-14-19-15-17/h3,5-7,9-10,12,17H,4,8,11,13-15H2,1-2H3/b12-3-. The van der Waals surface area contributed by atoms with Crippen molar-refractivity contribution in [3.8, 4) is 0 Å². The van der Waals surface area contributed by atoms with Crippen molar-refractivity contribution in [2.24, 2.45) is 5.92 Å². The third kappa shape index (κ3) is 3.09. The average Bonchev–Trinajstić information content (AvgIpc) is 2.49. The molecule has 0 amide bonds. The molecule has 1 fully saturated rings. The van der Waals surface area contributed by atoms with E-state index >= 15 is 0 Å². The van der Waals surface area contributed by atoms with Gasteiger partial charge in [-0.05, 0) is 37.7 Å². The third-order valence-electron chi connectivity index (χ3n) is 4.33. The summed E-state index contributed by atoms with van der Waals surface area (Å²) in [5, 5.41) is 0. The molecular weight excluding hydrogens is 232 g/mol. The van der Waals surface area contributed by atoms with Gasteiger partial charge in [0.1, 0.15) is 0 Å². The quantitative estimate of drug-likeness (QED) is 0.694. The van der Waals surface area contributed by atoms with Crippen molar-refractivity contribution in [1.29, 1.82) is 0 Å². The monoisotopic (exact) mass is 258 g/mol. The fourth-order valence-corrected chi connectivity index (χ4v) is 3.51. The van der Waals surface area contributed by atoms with E-state index in [-0.39, 0.29) is 5.41 Å². The van der Waals surface area contributed by atoms with E-state index in [9.17, 15) is 0 Å². The first-order valence-electron chi connectivity index (χ1n) is 7.60. The fraction of sp³-hybridized carbons (Fsp3) is 0.556. The molecule has 0 saturated carbocycles. The van der Waals surface area contributed by atoms with Crippen molar-refractivity contribution >= 4 is 0 Å². The van der Waals surface area contributed by atoms with Gasteiger partial charge >= 0.3 is 0 Å². The number of hydrogen-bond acceptors (Lipinski definition) is 1. The van der Waals surface area contributed by atoms with E-state index in [0.717, 1.165) is 13.2 Å². The first-order chi connectivity index (χ1) is 9.33. The maximum Gasteiger partial charge on any atom is 0.0505 e. The average molecular weight is 258 g/mol. The maximum absolute atomic E-state index is 5.77. The van der Waals surface area contributed by atoms with Crippen molar-refractivity contribution in [1.82, 2.24) is 0 Å². The molecule has 1 saturated heterocycles. The molecule has 104 valence electrons. The van der Waals surface area contributed by atoms with Crippen LogP contribution in [-0.4, -0.2) is 13.2 Å². The zero-order valence-corrected chi connectivity index (χ0v) is 12.3. The van der Waals surface area contributed by atoms with Crippen molar-refractivity contribution < 1.29 is 4.74 Å². The van der Waals surface area contributed by atoms with Crippen LogP contribution in [0.2, 0.25) is 0 Å². The normalized spacial score (nSPS) is 23.4. The van der Waals surface area contributed by atoms with E-state index < -0.39 is 0 Å².